The van der Waals surface area contributed by atoms with Gasteiger partial charge in [-0.05, 0) is 41.5 Å². The summed E-state index contributed by atoms with van der Waals surface area (Å²) in [4.78, 5) is 28.5. The molecule has 0 spiro atoms. The topological polar surface area (TPSA) is 92.5 Å². The molecule has 0 aliphatic heterocycles. The van der Waals surface area contributed by atoms with E-state index in [1.54, 1.807) is 0 Å². The number of carbonyl (C=O) groups is 2. The Morgan fingerprint density at radius 3 is 2.30 bits per heavy atom. The molecule has 0 N–H and O–H groups in total. The number of aromatic nitrogens is 3. The first-order valence-electron chi connectivity index (χ1n) is 12.7. The van der Waals surface area contributed by atoms with Gasteiger partial charge in [-0.15, -0.1) is 0 Å². The molecule has 8 heteroatoms. The van der Waals surface area contributed by atoms with Crippen molar-refractivity contribution in [2.24, 2.45) is 11.3 Å². The Kier molecular flexibility index (Phi) is 9.44. The molecule has 0 fully saturated rings. The number of rotatable bonds is 13. The van der Waals surface area contributed by atoms with Crippen LogP contribution < -0.4 is 4.74 Å². The van der Waals surface area contributed by atoms with Crippen molar-refractivity contribution in [3.05, 3.63) is 67.3 Å². The largest absolute Gasteiger partial charge is 0.465 e. The van der Waals surface area contributed by atoms with E-state index in [9.17, 15) is 9.59 Å². The maximum absolute atomic E-state index is 13.2. The van der Waals surface area contributed by atoms with Crippen molar-refractivity contribution in [3.63, 3.8) is 0 Å². The highest BCUT2D eigenvalue weighted by Gasteiger charge is 2.46. The Morgan fingerprint density at radius 2 is 1.70 bits per heavy atom. The minimum Gasteiger partial charge on any atom is -0.465 e. The normalized spacial score (nSPS) is 13.9. The summed E-state index contributed by atoms with van der Waals surface area (Å²) in [6, 6.07) is 17.7. The van der Waals surface area contributed by atoms with E-state index in [-0.39, 0.29) is 30.3 Å². The van der Waals surface area contributed by atoms with Crippen molar-refractivity contribution in [2.75, 3.05) is 6.61 Å². The Balaban J connectivity index is 1.85. The first kappa shape index (κ1) is 27.9. The molecule has 37 heavy (non-hydrogen) atoms. The van der Waals surface area contributed by atoms with Gasteiger partial charge in [-0.2, -0.15) is 9.78 Å². The zero-order valence-electron chi connectivity index (χ0n) is 22.3. The van der Waals surface area contributed by atoms with Gasteiger partial charge in [-0.1, -0.05) is 76.6 Å². The van der Waals surface area contributed by atoms with Gasteiger partial charge in [0, 0.05) is 13.3 Å². The van der Waals surface area contributed by atoms with Gasteiger partial charge in [0.15, 0.2) is 0 Å². The van der Waals surface area contributed by atoms with Gasteiger partial charge in [0.05, 0.1) is 12.5 Å². The molecule has 0 aliphatic rings. The molecule has 0 amide bonds. The molecular formula is C29H37N3O5. The van der Waals surface area contributed by atoms with Crippen molar-refractivity contribution >= 4 is 11.9 Å². The summed E-state index contributed by atoms with van der Waals surface area (Å²) in [5, 5.41) is 4.31. The number of benzene rings is 2. The highest BCUT2D eigenvalue weighted by molar-refractivity contribution is 5.70. The van der Waals surface area contributed by atoms with Crippen molar-refractivity contribution < 1.29 is 23.8 Å². The minimum absolute atomic E-state index is 0.125. The summed E-state index contributed by atoms with van der Waals surface area (Å²) in [5.74, 6) is -1.99. The van der Waals surface area contributed by atoms with E-state index >= 15 is 0 Å². The number of esters is 2. The molecule has 0 radical (unpaired) electrons. The van der Waals surface area contributed by atoms with Crippen molar-refractivity contribution in [1.29, 1.82) is 0 Å². The zero-order valence-corrected chi connectivity index (χ0v) is 22.3. The summed E-state index contributed by atoms with van der Waals surface area (Å²) in [5.41, 5.74) is 1.76. The lowest BCUT2D eigenvalue weighted by atomic mass is 9.89. The van der Waals surface area contributed by atoms with Crippen LogP contribution in [0.5, 0.6) is 5.75 Å². The Hall–Kier alpha value is -3.68. The number of ether oxygens (including phenoxy) is 3. The van der Waals surface area contributed by atoms with Crippen LogP contribution in [0.2, 0.25) is 0 Å². The first-order chi connectivity index (χ1) is 17.6. The molecule has 2 aromatic carbocycles. The SMILES string of the molecule is CCCC(C)C(OC(=O)CCC(C)(C)COC(C)=O)(Oc1ccc(-c2ccccc2)cc1)n1cncn1. The second-order valence-corrected chi connectivity index (χ2v) is 10.1. The van der Waals surface area contributed by atoms with E-state index < -0.39 is 11.9 Å². The lowest BCUT2D eigenvalue weighted by molar-refractivity contribution is -0.269. The van der Waals surface area contributed by atoms with E-state index in [1.165, 1.54) is 24.3 Å². The Labute approximate surface area is 219 Å². The molecule has 198 valence electrons. The Morgan fingerprint density at radius 1 is 1.03 bits per heavy atom. The fourth-order valence-electron chi connectivity index (χ4n) is 4.06. The fourth-order valence-corrected chi connectivity index (χ4v) is 4.06. The molecule has 0 aliphatic carbocycles. The summed E-state index contributed by atoms with van der Waals surface area (Å²) in [6.45, 7) is 9.52. The number of carbonyl (C=O) groups excluding carboxylic acids is 2. The molecular weight excluding hydrogens is 470 g/mol. The van der Waals surface area contributed by atoms with Crippen LogP contribution in [-0.2, 0) is 25.0 Å². The van der Waals surface area contributed by atoms with Gasteiger partial charge in [0.25, 0.3) is 0 Å². The van der Waals surface area contributed by atoms with Gasteiger partial charge in [-0.25, -0.2) is 4.98 Å². The maximum atomic E-state index is 13.2. The molecule has 1 aromatic heterocycles. The van der Waals surface area contributed by atoms with Crippen LogP contribution in [0.25, 0.3) is 11.1 Å². The first-order valence-corrected chi connectivity index (χ1v) is 12.7. The van der Waals surface area contributed by atoms with Gasteiger partial charge < -0.3 is 14.2 Å². The molecule has 2 atom stereocenters. The van der Waals surface area contributed by atoms with Crippen LogP contribution in [0.4, 0.5) is 0 Å². The molecule has 8 nitrogen and oxygen atoms in total. The fraction of sp³-hybridized carbons (Fsp3) is 0.448. The number of hydrogen-bond donors (Lipinski definition) is 0. The van der Waals surface area contributed by atoms with Crippen LogP contribution >= 0.6 is 0 Å². The average molecular weight is 508 g/mol. The molecule has 2 unspecified atom stereocenters. The van der Waals surface area contributed by atoms with E-state index in [1.807, 2.05) is 75.4 Å². The standard InChI is InChI=1S/C29H37N3O5/c1-6-10-22(2)29(32-21-30-20-31-32,37-27(34)17-18-28(4,5)19-35-23(3)33)36-26-15-13-25(14-16-26)24-11-8-7-9-12-24/h7-9,11-16,20-22H,6,10,17-19H2,1-5H3. The quantitative estimate of drug-likeness (QED) is 0.207. The van der Waals surface area contributed by atoms with Crippen LogP contribution in [0, 0.1) is 11.3 Å². The Bertz CT molecular complexity index is 1130. The van der Waals surface area contributed by atoms with Gasteiger partial charge in [0.2, 0.25) is 0 Å². The summed E-state index contributed by atoms with van der Waals surface area (Å²) < 4.78 is 19.2. The minimum atomic E-state index is -1.52. The molecule has 3 aromatic rings. The van der Waals surface area contributed by atoms with Crippen molar-refractivity contribution in [2.45, 2.75) is 66.2 Å². The van der Waals surface area contributed by atoms with Crippen molar-refractivity contribution in [1.82, 2.24) is 14.8 Å². The van der Waals surface area contributed by atoms with E-state index in [4.69, 9.17) is 14.2 Å². The highest BCUT2D eigenvalue weighted by atomic mass is 16.7. The zero-order chi connectivity index (χ0) is 26.9. The second-order valence-electron chi connectivity index (χ2n) is 10.1. The molecule has 1 heterocycles. The smallest absolute Gasteiger partial charge is 0.363 e. The van der Waals surface area contributed by atoms with Gasteiger partial charge >= 0.3 is 17.8 Å². The number of hydrogen-bond acceptors (Lipinski definition) is 7. The monoisotopic (exact) mass is 507 g/mol. The third kappa shape index (κ3) is 7.65. The number of nitrogens with zero attached hydrogens (tertiary/aromatic N) is 3. The average Bonchev–Trinajstić information content (AvgIpc) is 3.43. The third-order valence-electron chi connectivity index (χ3n) is 6.24. The summed E-state index contributed by atoms with van der Waals surface area (Å²) >= 11 is 0. The van der Waals surface area contributed by atoms with E-state index in [0.717, 1.165) is 24.0 Å². The van der Waals surface area contributed by atoms with E-state index in [2.05, 4.69) is 17.0 Å². The second kappa shape index (κ2) is 12.5. The lowest BCUT2D eigenvalue weighted by Crippen LogP contribution is -2.50. The van der Waals surface area contributed by atoms with Crippen molar-refractivity contribution in [3.8, 4) is 16.9 Å². The molecule has 0 bridgehead atoms. The molecule has 3 rings (SSSR count). The summed E-state index contributed by atoms with van der Waals surface area (Å²) in [7, 11) is 0. The predicted octanol–water partition coefficient (Wildman–Crippen LogP) is 5.98. The van der Waals surface area contributed by atoms with Crippen LogP contribution in [-0.4, -0.2) is 33.3 Å². The van der Waals surface area contributed by atoms with Gasteiger partial charge in [0.1, 0.15) is 18.4 Å². The van der Waals surface area contributed by atoms with Crippen LogP contribution in [0.3, 0.4) is 0 Å². The van der Waals surface area contributed by atoms with Crippen LogP contribution in [0.1, 0.15) is 60.3 Å². The predicted molar refractivity (Wildman–Crippen MR) is 140 cm³/mol. The highest BCUT2D eigenvalue weighted by Crippen LogP contribution is 2.36. The third-order valence-corrected chi connectivity index (χ3v) is 6.24. The van der Waals surface area contributed by atoms with Crippen LogP contribution in [0.15, 0.2) is 67.3 Å². The molecule has 0 saturated carbocycles. The molecule has 0 saturated heterocycles. The van der Waals surface area contributed by atoms with E-state index in [0.29, 0.717) is 12.2 Å². The summed E-state index contributed by atoms with van der Waals surface area (Å²) in [6.07, 6.45) is 5.09. The lowest BCUT2D eigenvalue weighted by Gasteiger charge is -2.38. The maximum Gasteiger partial charge on any atom is 0.363 e. The van der Waals surface area contributed by atoms with Gasteiger partial charge in [-0.3, -0.25) is 9.59 Å².